The average Bonchev–Trinajstić information content (AvgIpc) is 2.38. The Hall–Kier alpha value is -0.520. The molecule has 0 spiro atoms. The molecule has 0 aromatic carbocycles. The first-order chi connectivity index (χ1) is 9.08. The monoisotopic (exact) mass is 300 g/mol. The van der Waals surface area contributed by atoms with Gasteiger partial charge in [0.1, 0.15) is 11.0 Å². The highest BCUT2D eigenvalue weighted by Gasteiger charge is 2.19. The summed E-state index contributed by atoms with van der Waals surface area (Å²) >= 11 is 7.57. The van der Waals surface area contributed by atoms with Crippen molar-refractivity contribution in [3.05, 3.63) is 11.2 Å². The van der Waals surface area contributed by atoms with Crippen LogP contribution in [0.25, 0.3) is 0 Å². The van der Waals surface area contributed by atoms with Crippen LogP contribution in [0.4, 0.5) is 5.82 Å². The van der Waals surface area contributed by atoms with Crippen LogP contribution >= 0.6 is 23.4 Å². The van der Waals surface area contributed by atoms with Crippen LogP contribution in [0.2, 0.25) is 5.15 Å². The molecule has 0 aliphatic carbocycles. The Labute approximate surface area is 124 Å². The summed E-state index contributed by atoms with van der Waals surface area (Å²) in [6, 6.07) is 1.86. The maximum absolute atomic E-state index is 6.04. The van der Waals surface area contributed by atoms with E-state index in [2.05, 4.69) is 33.6 Å². The van der Waals surface area contributed by atoms with Crippen LogP contribution in [0.1, 0.15) is 13.8 Å². The molecule has 106 valence electrons. The first-order valence-corrected chi connectivity index (χ1v) is 8.24. The van der Waals surface area contributed by atoms with E-state index in [1.807, 2.05) is 12.3 Å². The van der Waals surface area contributed by atoms with E-state index in [0.717, 1.165) is 43.1 Å². The average molecular weight is 301 g/mol. The highest BCUT2D eigenvalue weighted by atomic mass is 35.5. The summed E-state index contributed by atoms with van der Waals surface area (Å²) in [5.41, 5.74) is 0. The molecule has 1 aliphatic rings. The molecule has 0 bridgehead atoms. The van der Waals surface area contributed by atoms with E-state index in [-0.39, 0.29) is 0 Å². The lowest BCUT2D eigenvalue weighted by molar-refractivity contribution is 0.231. The normalized spacial score (nSPS) is 17.2. The third-order valence-electron chi connectivity index (χ3n) is 3.16. The molecule has 0 amide bonds. The summed E-state index contributed by atoms with van der Waals surface area (Å²) in [5, 5.41) is 1.27. The van der Waals surface area contributed by atoms with Gasteiger partial charge in [-0.25, -0.2) is 9.97 Å². The lowest BCUT2D eigenvalue weighted by Crippen LogP contribution is -2.47. The molecule has 2 heterocycles. The minimum Gasteiger partial charge on any atom is -0.354 e. The molecule has 0 atom stereocenters. The van der Waals surface area contributed by atoms with Gasteiger partial charge in [0.15, 0.2) is 5.16 Å². The van der Waals surface area contributed by atoms with Gasteiger partial charge in [0.05, 0.1) is 0 Å². The van der Waals surface area contributed by atoms with Gasteiger partial charge in [-0.3, -0.25) is 4.90 Å². The number of hydrogen-bond acceptors (Lipinski definition) is 5. The SMILES string of the molecule is CSc1nc(Cl)cc(N2CCN(CC(C)C)CC2)n1. The smallest absolute Gasteiger partial charge is 0.190 e. The van der Waals surface area contributed by atoms with E-state index in [0.29, 0.717) is 5.15 Å². The van der Waals surface area contributed by atoms with Gasteiger partial charge in [-0.2, -0.15) is 0 Å². The fraction of sp³-hybridized carbons (Fsp3) is 0.692. The highest BCUT2D eigenvalue weighted by Crippen LogP contribution is 2.21. The maximum atomic E-state index is 6.04. The van der Waals surface area contributed by atoms with Gasteiger partial charge >= 0.3 is 0 Å². The molecule has 0 saturated carbocycles. The van der Waals surface area contributed by atoms with Gasteiger partial charge in [0.2, 0.25) is 0 Å². The Morgan fingerprint density at radius 2 is 1.95 bits per heavy atom. The molecule has 1 aliphatic heterocycles. The first-order valence-electron chi connectivity index (χ1n) is 6.64. The van der Waals surface area contributed by atoms with Crippen LogP contribution in [0.15, 0.2) is 11.2 Å². The van der Waals surface area contributed by atoms with Crippen molar-refractivity contribution in [3.63, 3.8) is 0 Å². The molecule has 1 aromatic rings. The van der Waals surface area contributed by atoms with E-state index in [1.54, 1.807) is 0 Å². The van der Waals surface area contributed by atoms with Crippen molar-refractivity contribution >= 4 is 29.2 Å². The number of halogens is 1. The van der Waals surface area contributed by atoms with Crippen molar-refractivity contribution in [2.45, 2.75) is 19.0 Å². The molecule has 1 saturated heterocycles. The van der Waals surface area contributed by atoms with Gasteiger partial charge in [-0.1, -0.05) is 37.2 Å². The number of hydrogen-bond donors (Lipinski definition) is 0. The maximum Gasteiger partial charge on any atom is 0.190 e. The van der Waals surface area contributed by atoms with Gasteiger partial charge in [0, 0.05) is 38.8 Å². The zero-order valence-electron chi connectivity index (χ0n) is 11.8. The van der Waals surface area contributed by atoms with Gasteiger partial charge in [-0.05, 0) is 12.2 Å². The Bertz CT molecular complexity index is 419. The van der Waals surface area contributed by atoms with E-state index in [4.69, 9.17) is 11.6 Å². The molecule has 2 rings (SSSR count). The molecule has 1 fully saturated rings. The fourth-order valence-corrected chi connectivity index (χ4v) is 2.92. The number of anilines is 1. The quantitative estimate of drug-likeness (QED) is 0.485. The predicted octanol–water partition coefficient (Wildman–Crippen LogP) is 2.63. The number of rotatable bonds is 4. The lowest BCUT2D eigenvalue weighted by Gasteiger charge is -2.36. The third kappa shape index (κ3) is 4.23. The van der Waals surface area contributed by atoms with Crippen molar-refractivity contribution in [2.24, 2.45) is 5.92 Å². The Kier molecular flexibility index (Phi) is 5.30. The minimum atomic E-state index is 0.527. The molecule has 6 heteroatoms. The molecule has 4 nitrogen and oxygen atoms in total. The van der Waals surface area contributed by atoms with Crippen molar-refractivity contribution in [1.82, 2.24) is 14.9 Å². The van der Waals surface area contributed by atoms with E-state index in [9.17, 15) is 0 Å². The summed E-state index contributed by atoms with van der Waals surface area (Å²) in [6.45, 7) is 9.90. The van der Waals surface area contributed by atoms with Crippen LogP contribution in [-0.4, -0.2) is 53.8 Å². The largest absolute Gasteiger partial charge is 0.354 e. The van der Waals surface area contributed by atoms with Crippen molar-refractivity contribution in [2.75, 3.05) is 43.9 Å². The number of nitrogens with zero attached hydrogens (tertiary/aromatic N) is 4. The Morgan fingerprint density at radius 1 is 1.26 bits per heavy atom. The van der Waals surface area contributed by atoms with E-state index < -0.39 is 0 Å². The molecular formula is C13H21ClN4S. The van der Waals surface area contributed by atoms with Gasteiger partial charge < -0.3 is 4.90 Å². The summed E-state index contributed by atoms with van der Waals surface area (Å²) in [4.78, 5) is 13.5. The van der Waals surface area contributed by atoms with Crippen LogP contribution in [0, 0.1) is 5.92 Å². The second-order valence-electron chi connectivity index (χ2n) is 5.22. The molecule has 0 N–H and O–H groups in total. The van der Waals surface area contributed by atoms with Crippen molar-refractivity contribution in [3.8, 4) is 0 Å². The second-order valence-corrected chi connectivity index (χ2v) is 6.38. The number of aromatic nitrogens is 2. The molecule has 0 unspecified atom stereocenters. The van der Waals surface area contributed by atoms with Crippen LogP contribution in [-0.2, 0) is 0 Å². The highest BCUT2D eigenvalue weighted by molar-refractivity contribution is 7.98. The lowest BCUT2D eigenvalue weighted by atomic mass is 10.2. The standard InChI is InChI=1S/C13H21ClN4S/c1-10(2)9-17-4-6-18(7-5-17)12-8-11(14)15-13(16-12)19-3/h8,10H,4-7,9H2,1-3H3. The second kappa shape index (κ2) is 6.77. The Balaban J connectivity index is 1.99. The minimum absolute atomic E-state index is 0.527. The molecule has 1 aromatic heterocycles. The Morgan fingerprint density at radius 3 is 2.53 bits per heavy atom. The first kappa shape index (κ1) is 14.9. The molecule has 19 heavy (non-hydrogen) atoms. The van der Waals surface area contributed by atoms with Crippen LogP contribution in [0.5, 0.6) is 0 Å². The summed E-state index contributed by atoms with van der Waals surface area (Å²) in [5.74, 6) is 1.68. The predicted molar refractivity (Wildman–Crippen MR) is 82.3 cm³/mol. The van der Waals surface area contributed by atoms with Crippen LogP contribution in [0.3, 0.4) is 0 Å². The van der Waals surface area contributed by atoms with Gasteiger partial charge in [0.25, 0.3) is 0 Å². The topological polar surface area (TPSA) is 32.3 Å². The zero-order chi connectivity index (χ0) is 13.8. The van der Waals surface area contributed by atoms with Crippen LogP contribution < -0.4 is 4.90 Å². The summed E-state index contributed by atoms with van der Waals surface area (Å²) < 4.78 is 0. The number of piperazine rings is 1. The van der Waals surface area contributed by atoms with E-state index in [1.165, 1.54) is 18.3 Å². The van der Waals surface area contributed by atoms with E-state index >= 15 is 0 Å². The third-order valence-corrected chi connectivity index (χ3v) is 3.90. The van der Waals surface area contributed by atoms with Crippen molar-refractivity contribution < 1.29 is 0 Å². The fourth-order valence-electron chi connectivity index (χ4n) is 2.31. The summed E-state index contributed by atoms with van der Waals surface area (Å²) in [7, 11) is 0. The van der Waals surface area contributed by atoms with Gasteiger partial charge in [-0.15, -0.1) is 0 Å². The summed E-state index contributed by atoms with van der Waals surface area (Å²) in [6.07, 6.45) is 1.97. The zero-order valence-corrected chi connectivity index (χ0v) is 13.3. The number of thioether (sulfide) groups is 1. The van der Waals surface area contributed by atoms with Crippen molar-refractivity contribution in [1.29, 1.82) is 0 Å². The molecular weight excluding hydrogens is 280 g/mol. The molecule has 0 radical (unpaired) electrons.